The second kappa shape index (κ2) is 6.23. The first-order valence-corrected chi connectivity index (χ1v) is 6.97. The van der Waals surface area contributed by atoms with Crippen molar-refractivity contribution in [2.45, 2.75) is 38.2 Å². The third kappa shape index (κ3) is 3.59. The monoisotopic (exact) mass is 254 g/mol. The largest absolute Gasteiger partial charge is 0.378 e. The van der Waals surface area contributed by atoms with E-state index in [9.17, 15) is 4.79 Å². The normalized spacial score (nSPS) is 19.7. The minimum atomic E-state index is 0.125. The van der Waals surface area contributed by atoms with Crippen LogP contribution in [0, 0.1) is 0 Å². The smallest absolute Gasteiger partial charge is 0.182 e. The van der Waals surface area contributed by atoms with Crippen molar-refractivity contribution in [2.75, 3.05) is 13.2 Å². The van der Waals surface area contributed by atoms with Gasteiger partial charge < -0.3 is 10.5 Å². The van der Waals surface area contributed by atoms with Crippen LogP contribution >= 0.6 is 11.3 Å². The second-order valence-electron chi connectivity index (χ2n) is 4.26. The molecule has 2 N–H and O–H groups in total. The Bertz CT molecular complexity index is 372. The lowest BCUT2D eigenvalue weighted by Gasteiger charge is -2.06. The van der Waals surface area contributed by atoms with Crippen LogP contribution in [0.5, 0.6) is 0 Å². The van der Waals surface area contributed by atoms with E-state index in [1.54, 1.807) is 0 Å². The van der Waals surface area contributed by atoms with E-state index in [1.807, 2.05) is 5.38 Å². The maximum atomic E-state index is 11.9. The molecule has 0 bridgehead atoms. The van der Waals surface area contributed by atoms with Crippen molar-refractivity contribution in [2.24, 2.45) is 5.73 Å². The van der Waals surface area contributed by atoms with Gasteiger partial charge in [0.2, 0.25) is 0 Å². The summed E-state index contributed by atoms with van der Waals surface area (Å²) < 4.78 is 5.50. The van der Waals surface area contributed by atoms with E-state index in [0.29, 0.717) is 18.7 Å². The average Bonchev–Trinajstić information content (AvgIpc) is 2.97. The number of aromatic nitrogens is 1. The molecule has 1 fully saturated rings. The number of thiazole rings is 1. The van der Waals surface area contributed by atoms with Crippen LogP contribution in [0.3, 0.4) is 0 Å². The lowest BCUT2D eigenvalue weighted by Crippen LogP contribution is -2.09. The van der Waals surface area contributed by atoms with Gasteiger partial charge in [0.25, 0.3) is 0 Å². The molecule has 1 aromatic rings. The summed E-state index contributed by atoms with van der Waals surface area (Å²) in [5, 5.41) is 2.79. The predicted molar refractivity (Wildman–Crippen MR) is 67.4 cm³/mol. The van der Waals surface area contributed by atoms with Gasteiger partial charge in [-0.05, 0) is 25.8 Å². The number of ketones is 1. The van der Waals surface area contributed by atoms with Gasteiger partial charge in [0, 0.05) is 24.8 Å². The lowest BCUT2D eigenvalue weighted by molar-refractivity contribution is 0.0856. The number of hydrogen-bond acceptors (Lipinski definition) is 5. The summed E-state index contributed by atoms with van der Waals surface area (Å²) in [5.74, 6) is 0.125. The van der Waals surface area contributed by atoms with Gasteiger partial charge in [0.1, 0.15) is 5.69 Å². The first-order valence-electron chi connectivity index (χ1n) is 6.09. The van der Waals surface area contributed by atoms with Gasteiger partial charge in [0.05, 0.1) is 11.1 Å². The summed E-state index contributed by atoms with van der Waals surface area (Å²) in [6, 6.07) is 0. The van der Waals surface area contributed by atoms with Crippen molar-refractivity contribution < 1.29 is 9.53 Å². The lowest BCUT2D eigenvalue weighted by atomic mass is 10.1. The molecule has 5 heteroatoms. The molecule has 1 unspecified atom stereocenters. The molecule has 0 saturated carbocycles. The summed E-state index contributed by atoms with van der Waals surface area (Å²) in [6.07, 6.45) is 4.60. The SMILES string of the molecule is NCCc1nc(C(=O)CCC2CCCO2)cs1. The zero-order chi connectivity index (χ0) is 12.1. The number of ether oxygens (including phenoxy) is 1. The highest BCUT2D eigenvalue weighted by molar-refractivity contribution is 7.09. The van der Waals surface area contributed by atoms with Gasteiger partial charge in [-0.2, -0.15) is 0 Å². The zero-order valence-electron chi connectivity index (χ0n) is 9.85. The van der Waals surface area contributed by atoms with Gasteiger partial charge >= 0.3 is 0 Å². The van der Waals surface area contributed by atoms with E-state index in [0.717, 1.165) is 37.3 Å². The van der Waals surface area contributed by atoms with E-state index in [1.165, 1.54) is 11.3 Å². The molecule has 0 radical (unpaired) electrons. The van der Waals surface area contributed by atoms with E-state index in [-0.39, 0.29) is 11.9 Å². The van der Waals surface area contributed by atoms with Crippen LogP contribution in [0.1, 0.15) is 41.2 Å². The molecular formula is C12H18N2O2S. The highest BCUT2D eigenvalue weighted by atomic mass is 32.1. The summed E-state index contributed by atoms with van der Waals surface area (Å²) in [5.41, 5.74) is 6.05. The third-order valence-corrected chi connectivity index (χ3v) is 3.82. The van der Waals surface area contributed by atoms with E-state index >= 15 is 0 Å². The number of nitrogens with two attached hydrogens (primary N) is 1. The van der Waals surface area contributed by atoms with Crippen molar-refractivity contribution in [3.8, 4) is 0 Å². The number of nitrogens with zero attached hydrogens (tertiary/aromatic N) is 1. The Balaban J connectivity index is 1.81. The Hall–Kier alpha value is -0.780. The molecule has 0 amide bonds. The zero-order valence-corrected chi connectivity index (χ0v) is 10.7. The second-order valence-corrected chi connectivity index (χ2v) is 5.20. The van der Waals surface area contributed by atoms with Gasteiger partial charge in [0.15, 0.2) is 5.78 Å². The minimum absolute atomic E-state index is 0.125. The molecule has 1 atom stereocenters. The summed E-state index contributed by atoms with van der Waals surface area (Å²) in [6.45, 7) is 1.42. The molecule has 0 aliphatic carbocycles. The molecular weight excluding hydrogens is 236 g/mol. The number of Topliss-reactive ketones (excluding diaryl/α,β-unsaturated/α-hetero) is 1. The first kappa shape index (κ1) is 12.7. The van der Waals surface area contributed by atoms with Gasteiger partial charge in [-0.25, -0.2) is 4.98 Å². The predicted octanol–water partition coefficient (Wildman–Crippen LogP) is 1.79. The van der Waals surface area contributed by atoms with Crippen LogP contribution in [0.2, 0.25) is 0 Å². The van der Waals surface area contributed by atoms with Crippen molar-refractivity contribution in [1.29, 1.82) is 0 Å². The molecule has 2 rings (SSSR count). The fourth-order valence-electron chi connectivity index (χ4n) is 1.97. The fourth-order valence-corrected chi connectivity index (χ4v) is 2.79. The van der Waals surface area contributed by atoms with Crippen LogP contribution in [-0.2, 0) is 11.2 Å². The minimum Gasteiger partial charge on any atom is -0.378 e. The van der Waals surface area contributed by atoms with E-state index < -0.39 is 0 Å². The number of carbonyl (C=O) groups excluding carboxylic acids is 1. The van der Waals surface area contributed by atoms with Crippen LogP contribution < -0.4 is 5.73 Å². The van der Waals surface area contributed by atoms with E-state index in [4.69, 9.17) is 10.5 Å². The Kier molecular flexibility index (Phi) is 4.65. The highest BCUT2D eigenvalue weighted by Gasteiger charge is 2.18. The van der Waals surface area contributed by atoms with Crippen molar-refractivity contribution >= 4 is 17.1 Å². The number of hydrogen-bond donors (Lipinski definition) is 1. The third-order valence-electron chi connectivity index (χ3n) is 2.91. The van der Waals surface area contributed by atoms with Crippen LogP contribution in [0.4, 0.5) is 0 Å². The molecule has 1 aromatic heterocycles. The Morgan fingerprint density at radius 3 is 3.24 bits per heavy atom. The van der Waals surface area contributed by atoms with Crippen LogP contribution in [-0.4, -0.2) is 30.0 Å². The molecule has 2 heterocycles. The summed E-state index contributed by atoms with van der Waals surface area (Å²) in [7, 11) is 0. The molecule has 0 spiro atoms. The fraction of sp³-hybridized carbons (Fsp3) is 0.667. The number of carbonyl (C=O) groups is 1. The maximum absolute atomic E-state index is 11.9. The average molecular weight is 254 g/mol. The molecule has 94 valence electrons. The van der Waals surface area contributed by atoms with Gasteiger partial charge in [-0.15, -0.1) is 11.3 Å². The quantitative estimate of drug-likeness (QED) is 0.786. The van der Waals surface area contributed by atoms with Crippen molar-refractivity contribution in [3.05, 3.63) is 16.1 Å². The van der Waals surface area contributed by atoms with Crippen molar-refractivity contribution in [1.82, 2.24) is 4.98 Å². The van der Waals surface area contributed by atoms with Gasteiger partial charge in [-0.1, -0.05) is 0 Å². The molecule has 1 aliphatic heterocycles. The number of rotatable bonds is 6. The molecule has 1 aliphatic rings. The summed E-state index contributed by atoms with van der Waals surface area (Å²) >= 11 is 1.52. The van der Waals surface area contributed by atoms with Crippen LogP contribution in [0.15, 0.2) is 5.38 Å². The van der Waals surface area contributed by atoms with Crippen LogP contribution in [0.25, 0.3) is 0 Å². The van der Waals surface area contributed by atoms with Gasteiger partial charge in [-0.3, -0.25) is 4.79 Å². The molecule has 1 saturated heterocycles. The molecule has 17 heavy (non-hydrogen) atoms. The van der Waals surface area contributed by atoms with E-state index in [2.05, 4.69) is 4.98 Å². The molecule has 0 aromatic carbocycles. The van der Waals surface area contributed by atoms with Crippen molar-refractivity contribution in [3.63, 3.8) is 0 Å². The highest BCUT2D eigenvalue weighted by Crippen LogP contribution is 2.19. The molecule has 4 nitrogen and oxygen atoms in total. The standard InChI is InChI=1S/C12H18N2O2S/c13-6-5-12-14-10(8-17-12)11(15)4-3-9-2-1-7-16-9/h8-9H,1-7,13H2. The Morgan fingerprint density at radius 1 is 1.65 bits per heavy atom. The first-order chi connectivity index (χ1) is 8.29. The topological polar surface area (TPSA) is 65.2 Å². The Labute approximate surface area is 105 Å². The maximum Gasteiger partial charge on any atom is 0.182 e. The Morgan fingerprint density at radius 2 is 2.53 bits per heavy atom. The summed E-state index contributed by atoms with van der Waals surface area (Å²) in [4.78, 5) is 16.2.